The van der Waals surface area contributed by atoms with Crippen molar-refractivity contribution in [2.75, 3.05) is 38.7 Å². The van der Waals surface area contributed by atoms with Crippen LogP contribution in [0.4, 0.5) is 5.69 Å². The number of ether oxygens (including phenoxy) is 1. The van der Waals surface area contributed by atoms with E-state index in [2.05, 4.69) is 11.8 Å². The van der Waals surface area contributed by atoms with Crippen LogP contribution in [-0.2, 0) is 4.79 Å². The van der Waals surface area contributed by atoms with E-state index in [1.165, 1.54) is 11.8 Å². The van der Waals surface area contributed by atoms with Crippen LogP contribution >= 0.6 is 40.3 Å². The van der Waals surface area contributed by atoms with Crippen LogP contribution in [0.3, 0.4) is 0 Å². The van der Waals surface area contributed by atoms with E-state index in [1.54, 1.807) is 18.1 Å². The van der Waals surface area contributed by atoms with Crippen LogP contribution in [0.2, 0.25) is 5.02 Å². The summed E-state index contributed by atoms with van der Waals surface area (Å²) >= 11 is 7.72. The van der Waals surface area contributed by atoms with E-state index < -0.39 is 11.4 Å². The van der Waals surface area contributed by atoms with Gasteiger partial charge in [-0.15, -0.1) is 28.7 Å². The van der Waals surface area contributed by atoms with E-state index in [-0.39, 0.29) is 22.9 Å². The van der Waals surface area contributed by atoms with Crippen LogP contribution in [0, 0.1) is 0 Å². The van der Waals surface area contributed by atoms with Crippen molar-refractivity contribution in [1.29, 1.82) is 0 Å². The number of amides is 1. The monoisotopic (exact) mass is 514 g/mol. The predicted octanol–water partition coefficient (Wildman–Crippen LogP) is 4.81. The number of carbonyl (C=O) groups is 1. The van der Waals surface area contributed by atoms with Crippen LogP contribution in [0.5, 0.6) is 5.75 Å². The number of hydrogen-bond donors (Lipinski definition) is 1. The molecule has 5 nitrogen and oxygen atoms in total. The van der Waals surface area contributed by atoms with Crippen LogP contribution in [0.15, 0.2) is 47.4 Å². The largest absolute Gasteiger partial charge is 0.497 e. The Kier molecular flexibility index (Phi) is 9.50. The van der Waals surface area contributed by atoms with Crippen molar-refractivity contribution in [3.8, 4) is 5.75 Å². The van der Waals surface area contributed by atoms with Gasteiger partial charge in [0.2, 0.25) is 0 Å². The van der Waals surface area contributed by atoms with Crippen molar-refractivity contribution in [2.45, 2.75) is 29.6 Å². The molecular formula is C22H28BrClN2O3S. The summed E-state index contributed by atoms with van der Waals surface area (Å²) < 4.78 is 5.23. The van der Waals surface area contributed by atoms with Crippen LogP contribution < -0.4 is 9.64 Å². The second kappa shape index (κ2) is 11.4. The summed E-state index contributed by atoms with van der Waals surface area (Å²) in [5.41, 5.74) is 1.66. The number of hydrogen-bond acceptors (Lipinski definition) is 5. The Balaban J connectivity index is 0.00000320. The van der Waals surface area contributed by atoms with Crippen molar-refractivity contribution in [3.05, 3.63) is 53.1 Å². The summed E-state index contributed by atoms with van der Waals surface area (Å²) in [6.07, 6.45) is -0.106. The van der Waals surface area contributed by atoms with Gasteiger partial charge in [-0.3, -0.25) is 4.79 Å². The molecule has 0 aromatic heterocycles. The van der Waals surface area contributed by atoms with E-state index in [0.29, 0.717) is 11.6 Å². The lowest BCUT2D eigenvalue weighted by Crippen LogP contribution is -2.43. The second-order valence-electron chi connectivity index (χ2n) is 7.16. The first-order valence-electron chi connectivity index (χ1n) is 9.72. The van der Waals surface area contributed by atoms with Gasteiger partial charge in [-0.05, 0) is 55.9 Å². The SMILES string of the molecule is Br.CCCN(C)CCN1C(=O)C(O)C(c2ccc(OC)cc2)Sc2cc(Cl)ccc21. The number of anilines is 1. The Bertz CT molecular complexity index is 853. The highest BCUT2D eigenvalue weighted by Crippen LogP contribution is 2.46. The fourth-order valence-corrected chi connectivity index (χ4v) is 5.00. The lowest BCUT2D eigenvalue weighted by Gasteiger charge is -2.27. The van der Waals surface area contributed by atoms with Gasteiger partial charge in [0.25, 0.3) is 5.91 Å². The van der Waals surface area contributed by atoms with Gasteiger partial charge in [-0.25, -0.2) is 0 Å². The Labute approximate surface area is 198 Å². The number of likely N-dealkylation sites (N-methyl/N-ethyl adjacent to an activating group) is 1. The molecule has 1 aliphatic heterocycles. The number of carbonyl (C=O) groups excluding carboxylic acids is 1. The number of fused-ring (bicyclic) bond motifs is 1. The first-order valence-corrected chi connectivity index (χ1v) is 11.0. The molecule has 164 valence electrons. The van der Waals surface area contributed by atoms with Crippen molar-refractivity contribution >= 4 is 51.9 Å². The molecule has 0 saturated carbocycles. The maximum absolute atomic E-state index is 13.3. The minimum Gasteiger partial charge on any atom is -0.497 e. The zero-order valence-electron chi connectivity index (χ0n) is 17.4. The fourth-order valence-electron chi connectivity index (χ4n) is 3.45. The Morgan fingerprint density at radius 2 is 1.90 bits per heavy atom. The summed E-state index contributed by atoms with van der Waals surface area (Å²) in [4.78, 5) is 18.0. The molecule has 0 bridgehead atoms. The average Bonchev–Trinajstić information content (AvgIpc) is 2.82. The Hall–Kier alpha value is -1.25. The minimum atomic E-state index is -1.16. The molecule has 0 aliphatic carbocycles. The number of aliphatic hydroxyl groups excluding tert-OH is 1. The average molecular weight is 516 g/mol. The Morgan fingerprint density at radius 1 is 1.20 bits per heavy atom. The summed E-state index contributed by atoms with van der Waals surface area (Å²) in [5, 5.41) is 11.2. The van der Waals surface area contributed by atoms with Gasteiger partial charge in [0.1, 0.15) is 11.9 Å². The van der Waals surface area contributed by atoms with E-state index in [1.807, 2.05) is 43.4 Å². The molecule has 1 heterocycles. The molecule has 0 saturated heterocycles. The molecule has 2 atom stereocenters. The minimum absolute atomic E-state index is 0. The summed E-state index contributed by atoms with van der Waals surface area (Å²) in [5.74, 6) is 0.446. The molecule has 2 unspecified atom stereocenters. The molecule has 1 amide bonds. The first kappa shape index (κ1) is 25.0. The van der Waals surface area contributed by atoms with E-state index in [0.717, 1.165) is 41.4 Å². The summed E-state index contributed by atoms with van der Waals surface area (Å²) in [6.45, 7) is 4.33. The third-order valence-corrected chi connectivity index (χ3v) is 6.63. The highest BCUT2D eigenvalue weighted by Gasteiger charge is 2.37. The maximum Gasteiger partial charge on any atom is 0.257 e. The molecule has 3 rings (SSSR count). The topological polar surface area (TPSA) is 53.0 Å². The zero-order valence-corrected chi connectivity index (χ0v) is 20.7. The number of thioether (sulfide) groups is 1. The third-order valence-electron chi connectivity index (χ3n) is 5.03. The van der Waals surface area contributed by atoms with E-state index in [9.17, 15) is 9.90 Å². The van der Waals surface area contributed by atoms with Gasteiger partial charge < -0.3 is 19.6 Å². The number of methoxy groups -OCH3 is 1. The number of halogens is 2. The summed E-state index contributed by atoms with van der Waals surface area (Å²) in [6, 6.07) is 13.0. The third kappa shape index (κ3) is 5.71. The molecule has 2 aromatic rings. The zero-order chi connectivity index (χ0) is 21.0. The smallest absolute Gasteiger partial charge is 0.257 e. The first-order chi connectivity index (χ1) is 13.9. The number of nitrogens with zero attached hydrogens (tertiary/aromatic N) is 2. The quantitative estimate of drug-likeness (QED) is 0.573. The molecular weight excluding hydrogens is 488 g/mol. The molecule has 0 fully saturated rings. The van der Waals surface area contributed by atoms with Crippen LogP contribution in [0.25, 0.3) is 0 Å². The fraction of sp³-hybridized carbons (Fsp3) is 0.409. The van der Waals surface area contributed by atoms with Gasteiger partial charge in [0.05, 0.1) is 18.0 Å². The second-order valence-corrected chi connectivity index (χ2v) is 8.78. The van der Waals surface area contributed by atoms with Gasteiger partial charge in [0, 0.05) is 23.0 Å². The highest BCUT2D eigenvalue weighted by molar-refractivity contribution is 8.93. The summed E-state index contributed by atoms with van der Waals surface area (Å²) in [7, 11) is 3.65. The Morgan fingerprint density at radius 3 is 2.53 bits per heavy atom. The molecule has 0 radical (unpaired) electrons. The molecule has 30 heavy (non-hydrogen) atoms. The number of aliphatic hydroxyl groups is 1. The predicted molar refractivity (Wildman–Crippen MR) is 130 cm³/mol. The standard InChI is InChI=1S/C22H27ClN2O3S.BrH/c1-4-11-24(2)12-13-25-18-10-7-16(23)14-19(18)29-21(20(26)22(25)27)15-5-8-17(28-3)9-6-15;/h5-10,14,20-21,26H,4,11-13H2,1-3H3;1H. The normalized spacial score (nSPS) is 18.6. The van der Waals surface area contributed by atoms with Gasteiger partial charge >= 0.3 is 0 Å². The van der Waals surface area contributed by atoms with Gasteiger partial charge in [-0.2, -0.15) is 0 Å². The van der Waals surface area contributed by atoms with Crippen molar-refractivity contribution in [1.82, 2.24) is 4.90 Å². The lowest BCUT2D eigenvalue weighted by molar-refractivity contribution is -0.126. The molecule has 8 heteroatoms. The van der Waals surface area contributed by atoms with Crippen molar-refractivity contribution in [2.24, 2.45) is 0 Å². The molecule has 1 N–H and O–H groups in total. The van der Waals surface area contributed by atoms with Crippen LogP contribution in [0.1, 0.15) is 24.2 Å². The lowest BCUT2D eigenvalue weighted by atomic mass is 10.1. The molecule has 0 spiro atoms. The molecule has 1 aliphatic rings. The van der Waals surface area contributed by atoms with Crippen molar-refractivity contribution < 1.29 is 14.6 Å². The molecule has 2 aromatic carbocycles. The van der Waals surface area contributed by atoms with E-state index >= 15 is 0 Å². The number of benzene rings is 2. The van der Waals surface area contributed by atoms with Crippen molar-refractivity contribution in [3.63, 3.8) is 0 Å². The van der Waals surface area contributed by atoms with E-state index in [4.69, 9.17) is 16.3 Å². The van der Waals surface area contributed by atoms with Gasteiger partial charge in [0.15, 0.2) is 0 Å². The highest BCUT2D eigenvalue weighted by atomic mass is 79.9. The maximum atomic E-state index is 13.3. The van der Waals surface area contributed by atoms with Gasteiger partial charge in [-0.1, -0.05) is 30.7 Å². The van der Waals surface area contributed by atoms with Crippen LogP contribution in [-0.4, -0.2) is 55.8 Å². The number of rotatable bonds is 7.